The fourth-order valence-electron chi connectivity index (χ4n) is 2.41. The Balaban J connectivity index is 1.55. The highest BCUT2D eigenvalue weighted by atomic mass is 32.1. The van der Waals surface area contributed by atoms with Crippen molar-refractivity contribution in [1.29, 1.82) is 0 Å². The molecule has 0 fully saturated rings. The van der Waals surface area contributed by atoms with E-state index in [1.54, 1.807) is 12.1 Å². The molecule has 0 saturated heterocycles. The van der Waals surface area contributed by atoms with Crippen LogP contribution in [0.25, 0.3) is 0 Å². The van der Waals surface area contributed by atoms with Crippen LogP contribution in [0.1, 0.15) is 26.5 Å². The van der Waals surface area contributed by atoms with Crippen LogP contribution in [0.4, 0.5) is 0 Å². The monoisotopic (exact) mass is 317 g/mol. The number of hydrazine groups is 1. The van der Waals surface area contributed by atoms with Crippen molar-refractivity contribution in [2.75, 3.05) is 0 Å². The minimum absolute atomic E-state index is 0.138. The zero-order chi connectivity index (χ0) is 15.5. The number of carbonyl (C=O) groups excluding carboxylic acids is 2. The summed E-state index contributed by atoms with van der Waals surface area (Å²) in [6.45, 7) is -0.138. The van der Waals surface area contributed by atoms with Crippen LogP contribution in [-0.2, 0) is 24.2 Å². The molecule has 0 spiro atoms. The molecule has 6 nitrogen and oxygen atoms in total. The highest BCUT2D eigenvalue weighted by molar-refractivity contribution is 7.14. The number of hydrogen-bond acceptors (Lipinski definition) is 4. The molecule has 3 rings (SSSR count). The van der Waals surface area contributed by atoms with Gasteiger partial charge in [0.1, 0.15) is 6.54 Å². The third-order valence-corrected chi connectivity index (χ3v) is 4.73. The van der Waals surface area contributed by atoms with E-state index in [2.05, 4.69) is 10.9 Å². The Morgan fingerprint density at radius 2 is 2.09 bits per heavy atom. The molecule has 0 unspecified atom stereocenters. The Bertz CT molecular complexity index is 757. The van der Waals surface area contributed by atoms with Gasteiger partial charge in [-0.3, -0.25) is 25.2 Å². The second kappa shape index (κ2) is 6.15. The molecule has 2 heterocycles. The Morgan fingerprint density at radius 1 is 1.23 bits per heavy atom. The smallest absolute Gasteiger partial charge is 0.279 e. The van der Waals surface area contributed by atoms with Crippen LogP contribution < -0.4 is 16.4 Å². The molecular formula is C15H15N3O3S. The molecule has 1 aliphatic rings. The summed E-state index contributed by atoms with van der Waals surface area (Å²) in [6, 6.07) is 6.53. The molecule has 0 saturated carbocycles. The van der Waals surface area contributed by atoms with Gasteiger partial charge in [-0.1, -0.05) is 6.07 Å². The summed E-state index contributed by atoms with van der Waals surface area (Å²) < 4.78 is 1.27. The van der Waals surface area contributed by atoms with Gasteiger partial charge in [0.05, 0.1) is 4.88 Å². The summed E-state index contributed by atoms with van der Waals surface area (Å²) in [5.41, 5.74) is 5.68. The van der Waals surface area contributed by atoms with Crippen LogP contribution in [-0.4, -0.2) is 16.4 Å². The molecule has 2 amide bonds. The number of hydrogen-bond donors (Lipinski definition) is 2. The second-order valence-electron chi connectivity index (χ2n) is 5.08. The highest BCUT2D eigenvalue weighted by Crippen LogP contribution is 2.30. The van der Waals surface area contributed by atoms with Crippen molar-refractivity contribution >= 4 is 23.2 Å². The molecule has 0 atom stereocenters. The highest BCUT2D eigenvalue weighted by Gasteiger charge is 2.18. The predicted octanol–water partition coefficient (Wildman–Crippen LogP) is 0.860. The summed E-state index contributed by atoms with van der Waals surface area (Å²) in [7, 11) is 0. The first-order valence-corrected chi connectivity index (χ1v) is 7.81. The van der Waals surface area contributed by atoms with Crippen molar-refractivity contribution in [3.8, 4) is 0 Å². The van der Waals surface area contributed by atoms with Crippen LogP contribution in [0.5, 0.6) is 0 Å². The fraction of sp³-hybridized carbons (Fsp3) is 0.267. The van der Waals surface area contributed by atoms with E-state index >= 15 is 0 Å². The van der Waals surface area contributed by atoms with Gasteiger partial charge in [-0.25, -0.2) is 0 Å². The standard InChI is InChI=1S/C15H15N3O3S/c19-13(9-18-7-2-1-6-14(18)20)16-17-15(21)12-8-10-4-3-5-11(10)22-12/h1-2,6-8H,3-5,9H2,(H,16,19)(H,17,21). The van der Waals surface area contributed by atoms with E-state index in [0.29, 0.717) is 4.88 Å². The zero-order valence-electron chi connectivity index (χ0n) is 11.8. The van der Waals surface area contributed by atoms with E-state index in [1.165, 1.54) is 38.6 Å². The van der Waals surface area contributed by atoms with Gasteiger partial charge in [0.25, 0.3) is 17.4 Å². The first-order valence-electron chi connectivity index (χ1n) is 7.00. The van der Waals surface area contributed by atoms with Gasteiger partial charge >= 0.3 is 0 Å². The molecule has 0 bridgehead atoms. The van der Waals surface area contributed by atoms with Gasteiger partial charge < -0.3 is 4.57 Å². The normalized spacial score (nSPS) is 12.7. The first kappa shape index (κ1) is 14.5. The number of nitrogens with one attached hydrogen (secondary N) is 2. The van der Waals surface area contributed by atoms with Crippen LogP contribution >= 0.6 is 11.3 Å². The van der Waals surface area contributed by atoms with Crippen molar-refractivity contribution in [3.63, 3.8) is 0 Å². The lowest BCUT2D eigenvalue weighted by molar-refractivity contribution is -0.122. The predicted molar refractivity (Wildman–Crippen MR) is 82.7 cm³/mol. The third kappa shape index (κ3) is 3.09. The van der Waals surface area contributed by atoms with Crippen LogP contribution in [0.2, 0.25) is 0 Å². The van der Waals surface area contributed by atoms with E-state index in [4.69, 9.17) is 0 Å². The van der Waals surface area contributed by atoms with E-state index in [9.17, 15) is 14.4 Å². The van der Waals surface area contributed by atoms with Gasteiger partial charge in [0.15, 0.2) is 0 Å². The Hall–Kier alpha value is -2.41. The summed E-state index contributed by atoms with van der Waals surface area (Å²) in [4.78, 5) is 37.1. The average molecular weight is 317 g/mol. The Kier molecular flexibility index (Phi) is 4.06. The topological polar surface area (TPSA) is 80.2 Å². The number of amides is 2. The summed E-state index contributed by atoms with van der Waals surface area (Å²) in [6.07, 6.45) is 4.71. The van der Waals surface area contributed by atoms with E-state index < -0.39 is 5.91 Å². The number of aromatic nitrogens is 1. The largest absolute Gasteiger partial charge is 0.306 e. The molecule has 22 heavy (non-hydrogen) atoms. The van der Waals surface area contributed by atoms with Crippen molar-refractivity contribution in [2.24, 2.45) is 0 Å². The SMILES string of the molecule is O=C(Cn1ccccc1=O)NNC(=O)c1cc2c(s1)CCC2. The van der Waals surface area contributed by atoms with Gasteiger partial charge in [-0.05, 0) is 37.0 Å². The van der Waals surface area contributed by atoms with E-state index in [-0.39, 0.29) is 18.0 Å². The lowest BCUT2D eigenvalue weighted by atomic mass is 10.2. The number of pyridine rings is 1. The van der Waals surface area contributed by atoms with Gasteiger partial charge in [0, 0.05) is 17.1 Å². The summed E-state index contributed by atoms with van der Waals surface area (Å²) >= 11 is 1.47. The lowest BCUT2D eigenvalue weighted by Gasteiger charge is -2.07. The maximum Gasteiger partial charge on any atom is 0.279 e. The minimum atomic E-state index is -0.453. The van der Waals surface area contributed by atoms with Gasteiger partial charge in [0.2, 0.25) is 0 Å². The number of rotatable bonds is 3. The minimum Gasteiger partial charge on any atom is -0.306 e. The molecule has 2 aromatic heterocycles. The number of thiophene rings is 1. The van der Waals surface area contributed by atoms with Crippen molar-refractivity contribution < 1.29 is 9.59 Å². The fourth-order valence-corrected chi connectivity index (χ4v) is 3.56. The maximum atomic E-state index is 12.0. The molecule has 1 aliphatic carbocycles. The molecule has 2 N–H and O–H groups in total. The van der Waals surface area contributed by atoms with Gasteiger partial charge in [-0.15, -0.1) is 11.3 Å². The number of nitrogens with zero attached hydrogens (tertiary/aromatic N) is 1. The number of fused-ring (bicyclic) bond motifs is 1. The van der Waals surface area contributed by atoms with Gasteiger partial charge in [-0.2, -0.15) is 0 Å². The molecule has 0 aliphatic heterocycles. The Labute approximate surface area is 130 Å². The molecule has 114 valence electrons. The number of aryl methyl sites for hydroxylation is 2. The molecular weight excluding hydrogens is 302 g/mol. The van der Waals surface area contributed by atoms with Crippen molar-refractivity contribution in [2.45, 2.75) is 25.8 Å². The Morgan fingerprint density at radius 3 is 2.86 bits per heavy atom. The van der Waals surface area contributed by atoms with Crippen molar-refractivity contribution in [3.05, 3.63) is 56.1 Å². The first-order chi connectivity index (χ1) is 10.6. The third-order valence-electron chi connectivity index (χ3n) is 3.50. The zero-order valence-corrected chi connectivity index (χ0v) is 12.6. The maximum absolute atomic E-state index is 12.0. The summed E-state index contributed by atoms with van der Waals surface area (Å²) in [5.74, 6) is -0.779. The lowest BCUT2D eigenvalue weighted by Crippen LogP contribution is -2.43. The molecule has 7 heteroatoms. The van der Waals surface area contributed by atoms with Crippen LogP contribution in [0, 0.1) is 0 Å². The number of carbonyl (C=O) groups is 2. The molecule has 0 radical (unpaired) electrons. The summed E-state index contributed by atoms with van der Waals surface area (Å²) in [5, 5.41) is 0. The van der Waals surface area contributed by atoms with Crippen molar-refractivity contribution in [1.82, 2.24) is 15.4 Å². The molecule has 0 aromatic carbocycles. The quantitative estimate of drug-likeness (QED) is 0.824. The average Bonchev–Trinajstić information content (AvgIpc) is 3.08. The second-order valence-corrected chi connectivity index (χ2v) is 6.22. The van der Waals surface area contributed by atoms with E-state index in [0.717, 1.165) is 19.3 Å². The van der Waals surface area contributed by atoms with E-state index in [1.807, 2.05) is 6.07 Å². The van der Waals surface area contributed by atoms with Crippen LogP contribution in [0.15, 0.2) is 35.3 Å². The van der Waals surface area contributed by atoms with Crippen LogP contribution in [0.3, 0.4) is 0 Å². The molecule has 2 aromatic rings.